The van der Waals surface area contributed by atoms with Crippen molar-refractivity contribution in [2.45, 2.75) is 13.1 Å². The van der Waals surface area contributed by atoms with Crippen molar-refractivity contribution in [1.29, 1.82) is 0 Å². The molecule has 7 nitrogen and oxygen atoms in total. The Labute approximate surface area is 190 Å². The van der Waals surface area contributed by atoms with Crippen molar-refractivity contribution < 1.29 is 36.6 Å². The molecule has 0 aliphatic heterocycles. The highest BCUT2D eigenvalue weighted by Gasteiger charge is 2.40. The summed E-state index contributed by atoms with van der Waals surface area (Å²) in [6.07, 6.45) is -2.28. The maximum atomic E-state index is 13.8. The zero-order valence-corrected chi connectivity index (χ0v) is 17.6. The summed E-state index contributed by atoms with van der Waals surface area (Å²) in [7, 11) is 0. The van der Waals surface area contributed by atoms with Gasteiger partial charge in [0.1, 0.15) is 11.3 Å². The van der Waals surface area contributed by atoms with Gasteiger partial charge in [-0.15, -0.1) is 0 Å². The second-order valence-electron chi connectivity index (χ2n) is 6.85. The third-order valence-corrected chi connectivity index (χ3v) is 4.57. The highest BCUT2D eigenvalue weighted by molar-refractivity contribution is 5.91. The number of alkyl halides is 3. The Bertz CT molecular complexity index is 1400. The van der Waals surface area contributed by atoms with E-state index in [2.05, 4.69) is 4.98 Å². The van der Waals surface area contributed by atoms with Crippen LogP contribution in [-0.2, 0) is 6.18 Å². The number of carbonyl (C=O) groups excluding carboxylic acids is 1. The van der Waals surface area contributed by atoms with E-state index in [1.807, 2.05) is 0 Å². The summed E-state index contributed by atoms with van der Waals surface area (Å²) in [6, 6.07) is 12.3. The summed E-state index contributed by atoms with van der Waals surface area (Å²) in [5.41, 5.74) is -1.29. The van der Waals surface area contributed by atoms with E-state index in [1.165, 1.54) is 54.9 Å². The maximum absolute atomic E-state index is 13.8. The van der Waals surface area contributed by atoms with Gasteiger partial charge in [-0.05, 0) is 43.3 Å². The molecule has 10 heteroatoms. The van der Waals surface area contributed by atoms with E-state index in [-0.39, 0.29) is 34.8 Å². The molecule has 0 saturated heterocycles. The number of benzene rings is 2. The summed E-state index contributed by atoms with van der Waals surface area (Å²) in [5, 5.41) is -0.194. The van der Waals surface area contributed by atoms with Crippen molar-refractivity contribution in [3.05, 3.63) is 88.5 Å². The van der Waals surface area contributed by atoms with Crippen molar-refractivity contribution in [3.8, 4) is 23.0 Å². The fraction of sp³-hybridized carbons (Fsp3) is 0.125. The monoisotopic (exact) mass is 471 g/mol. The number of nitrogens with zero attached hydrogens (tertiary/aromatic N) is 1. The first kappa shape index (κ1) is 22.8. The van der Waals surface area contributed by atoms with Crippen LogP contribution >= 0.6 is 0 Å². The molecule has 4 rings (SSSR count). The molecule has 4 aromatic rings. The molecule has 0 radical (unpaired) electrons. The van der Waals surface area contributed by atoms with Crippen molar-refractivity contribution in [3.63, 3.8) is 0 Å². The van der Waals surface area contributed by atoms with E-state index in [9.17, 15) is 22.8 Å². The molecule has 0 saturated carbocycles. The molecule has 0 N–H and O–H groups in total. The SMILES string of the molecule is CCOc1ccccc1Oc1c(C(F)(F)F)oc2cc(OC(=O)c3ccncc3)ccc2c1=O. The molecule has 0 atom stereocenters. The molecule has 0 aliphatic carbocycles. The molecule has 0 unspecified atom stereocenters. The van der Waals surface area contributed by atoms with Gasteiger partial charge in [0.15, 0.2) is 11.5 Å². The number of esters is 1. The number of hydrogen-bond donors (Lipinski definition) is 0. The van der Waals surface area contributed by atoms with Crippen molar-refractivity contribution in [2.24, 2.45) is 0 Å². The highest BCUT2D eigenvalue weighted by atomic mass is 19.4. The minimum Gasteiger partial charge on any atom is -0.490 e. The minimum atomic E-state index is -5.05. The molecule has 0 fully saturated rings. The van der Waals surface area contributed by atoms with Crippen LogP contribution in [0, 0.1) is 0 Å². The van der Waals surface area contributed by atoms with E-state index in [4.69, 9.17) is 18.6 Å². The molecule has 0 bridgehead atoms. The molecule has 174 valence electrons. The van der Waals surface area contributed by atoms with Gasteiger partial charge in [0, 0.05) is 18.5 Å². The minimum absolute atomic E-state index is 0.0793. The average Bonchev–Trinajstić information content (AvgIpc) is 2.82. The predicted molar refractivity (Wildman–Crippen MR) is 114 cm³/mol. The third kappa shape index (κ3) is 4.70. The lowest BCUT2D eigenvalue weighted by Gasteiger charge is -2.15. The Morgan fingerprint density at radius 2 is 1.74 bits per heavy atom. The molecule has 34 heavy (non-hydrogen) atoms. The summed E-state index contributed by atoms with van der Waals surface area (Å²) in [4.78, 5) is 29.0. The summed E-state index contributed by atoms with van der Waals surface area (Å²) in [5.74, 6) is -3.45. The zero-order valence-electron chi connectivity index (χ0n) is 17.6. The Hall–Kier alpha value is -4.34. The van der Waals surface area contributed by atoms with Crippen LogP contribution < -0.4 is 19.6 Å². The lowest BCUT2D eigenvalue weighted by molar-refractivity contribution is -0.154. The number of aromatic nitrogens is 1. The van der Waals surface area contributed by atoms with Gasteiger partial charge in [-0.3, -0.25) is 9.78 Å². The highest BCUT2D eigenvalue weighted by Crippen LogP contribution is 2.40. The van der Waals surface area contributed by atoms with Crippen LogP contribution in [0.4, 0.5) is 13.2 Å². The fourth-order valence-corrected chi connectivity index (χ4v) is 3.07. The first-order valence-electron chi connectivity index (χ1n) is 9.98. The third-order valence-electron chi connectivity index (χ3n) is 4.57. The molecular formula is C24H16F3NO6. The van der Waals surface area contributed by atoms with Crippen LogP contribution in [0.15, 0.2) is 76.2 Å². The van der Waals surface area contributed by atoms with Crippen molar-refractivity contribution >= 4 is 16.9 Å². The van der Waals surface area contributed by atoms with Gasteiger partial charge in [-0.25, -0.2) is 4.79 Å². The van der Waals surface area contributed by atoms with E-state index in [1.54, 1.807) is 13.0 Å². The number of hydrogen-bond acceptors (Lipinski definition) is 7. The first-order chi connectivity index (χ1) is 16.3. The van der Waals surface area contributed by atoms with E-state index in [0.717, 1.165) is 6.07 Å². The predicted octanol–water partition coefficient (Wildman–Crippen LogP) is 5.62. The van der Waals surface area contributed by atoms with E-state index in [0.29, 0.717) is 0 Å². The second-order valence-corrected chi connectivity index (χ2v) is 6.85. The smallest absolute Gasteiger partial charge is 0.453 e. The van der Waals surface area contributed by atoms with Crippen LogP contribution in [0.25, 0.3) is 11.0 Å². The molecular weight excluding hydrogens is 455 g/mol. The van der Waals surface area contributed by atoms with Gasteiger partial charge in [0.05, 0.1) is 17.6 Å². The fourth-order valence-electron chi connectivity index (χ4n) is 3.07. The maximum Gasteiger partial charge on any atom is 0.453 e. The Kier molecular flexibility index (Phi) is 6.22. The Balaban J connectivity index is 1.77. The van der Waals surface area contributed by atoms with Crippen molar-refractivity contribution in [1.82, 2.24) is 4.98 Å². The van der Waals surface area contributed by atoms with Gasteiger partial charge in [-0.2, -0.15) is 13.2 Å². The molecule has 0 amide bonds. The number of ether oxygens (including phenoxy) is 3. The number of halogens is 3. The number of para-hydroxylation sites is 2. The van der Waals surface area contributed by atoms with Crippen LogP contribution in [-0.4, -0.2) is 17.6 Å². The van der Waals surface area contributed by atoms with Crippen LogP contribution in [0.3, 0.4) is 0 Å². The summed E-state index contributed by atoms with van der Waals surface area (Å²) >= 11 is 0. The normalized spacial score (nSPS) is 11.3. The van der Waals surface area contributed by atoms with Gasteiger partial charge >= 0.3 is 12.1 Å². The molecule has 2 aromatic heterocycles. The number of rotatable bonds is 6. The van der Waals surface area contributed by atoms with Gasteiger partial charge < -0.3 is 18.6 Å². The molecule has 2 heterocycles. The Morgan fingerprint density at radius 3 is 2.41 bits per heavy atom. The largest absolute Gasteiger partial charge is 0.490 e. The summed E-state index contributed by atoms with van der Waals surface area (Å²) in [6.45, 7) is 1.93. The molecule has 0 spiro atoms. The van der Waals surface area contributed by atoms with E-state index >= 15 is 0 Å². The topological polar surface area (TPSA) is 87.9 Å². The van der Waals surface area contributed by atoms with E-state index < -0.39 is 34.7 Å². The quantitative estimate of drug-likeness (QED) is 0.267. The lowest BCUT2D eigenvalue weighted by Crippen LogP contribution is -2.16. The number of fused-ring (bicyclic) bond motifs is 1. The van der Waals surface area contributed by atoms with Gasteiger partial charge in [-0.1, -0.05) is 12.1 Å². The first-order valence-corrected chi connectivity index (χ1v) is 9.98. The number of carbonyl (C=O) groups is 1. The Morgan fingerprint density at radius 1 is 1.03 bits per heavy atom. The van der Waals surface area contributed by atoms with Crippen molar-refractivity contribution in [2.75, 3.05) is 6.61 Å². The van der Waals surface area contributed by atoms with Crippen LogP contribution in [0.5, 0.6) is 23.0 Å². The number of pyridine rings is 1. The zero-order chi connectivity index (χ0) is 24.3. The van der Waals surface area contributed by atoms with Gasteiger partial charge in [0.2, 0.25) is 11.2 Å². The molecule has 0 aliphatic rings. The van der Waals surface area contributed by atoms with Gasteiger partial charge in [0.25, 0.3) is 5.76 Å². The van der Waals surface area contributed by atoms with Crippen LogP contribution in [0.2, 0.25) is 0 Å². The standard InChI is InChI=1S/C24H16F3NO6/c1-2-31-17-5-3-4-6-18(17)33-21-20(29)16-8-7-15(13-19(16)34-22(21)24(25,26)27)32-23(30)14-9-11-28-12-10-14/h3-13H,2H2,1H3. The average molecular weight is 471 g/mol. The lowest BCUT2D eigenvalue weighted by atomic mass is 10.2. The van der Waals surface area contributed by atoms with Crippen LogP contribution in [0.1, 0.15) is 23.0 Å². The summed E-state index contributed by atoms with van der Waals surface area (Å²) < 4.78 is 62.4. The molecule has 2 aromatic carbocycles. The second kappa shape index (κ2) is 9.26.